The Bertz CT molecular complexity index is 2100. The van der Waals surface area contributed by atoms with E-state index in [9.17, 15) is 0 Å². The van der Waals surface area contributed by atoms with E-state index in [1.165, 1.54) is 31.5 Å². The average Bonchev–Trinajstić information content (AvgIpc) is 3.65. The van der Waals surface area contributed by atoms with Gasteiger partial charge in [-0.2, -0.15) is 0 Å². The molecule has 0 fully saturated rings. The van der Waals surface area contributed by atoms with E-state index in [4.69, 9.17) is 15.0 Å². The first kappa shape index (κ1) is 23.1. The first-order valence-corrected chi connectivity index (χ1v) is 15.1. The van der Waals surface area contributed by atoms with Gasteiger partial charge >= 0.3 is 201 Å². The monoisotopic (exact) mass is 578 g/mol. The number of aromatic nitrogens is 4. The van der Waals surface area contributed by atoms with Crippen molar-refractivity contribution in [2.45, 2.75) is 0 Å². The third-order valence-corrected chi connectivity index (χ3v) is 9.18. The van der Waals surface area contributed by atoms with Crippen LogP contribution in [0.1, 0.15) is 0 Å². The van der Waals surface area contributed by atoms with E-state index in [0.29, 0.717) is 32.0 Å². The molecule has 0 N–H and O–H groups in total. The van der Waals surface area contributed by atoms with Crippen LogP contribution >= 0.6 is 0 Å². The van der Waals surface area contributed by atoms with Crippen LogP contribution < -0.4 is 0 Å². The van der Waals surface area contributed by atoms with E-state index in [-0.39, 0.29) is 0 Å². The Morgan fingerprint density at radius 3 is 1.82 bits per heavy atom. The van der Waals surface area contributed by atoms with E-state index >= 15 is 0 Å². The van der Waals surface area contributed by atoms with Gasteiger partial charge in [-0.25, -0.2) is 0 Å². The molecule has 3 heterocycles. The minimum Gasteiger partial charge on any atom is -0.0615 e. The van der Waals surface area contributed by atoms with Crippen LogP contribution in [0, 0.1) is 0 Å². The summed E-state index contributed by atoms with van der Waals surface area (Å²) in [7, 11) is 0. The molecular weight excluding hydrogens is 555 g/mol. The molecule has 0 aliphatic heterocycles. The molecule has 4 nitrogen and oxygen atoms in total. The maximum absolute atomic E-state index is 4.96. The van der Waals surface area contributed by atoms with E-state index in [0.717, 1.165) is 22.4 Å². The molecule has 188 valence electrons. The molecule has 0 aliphatic rings. The van der Waals surface area contributed by atoms with Crippen LogP contribution in [-0.4, -0.2) is 34.0 Å². The van der Waals surface area contributed by atoms with Gasteiger partial charge in [0.2, 0.25) is 0 Å². The number of hydrogen-bond acceptors (Lipinski definition) is 3. The van der Waals surface area contributed by atoms with Crippen LogP contribution in [-0.2, 0) is 0 Å². The van der Waals surface area contributed by atoms with Gasteiger partial charge in [0.1, 0.15) is 0 Å². The summed E-state index contributed by atoms with van der Waals surface area (Å²) < 4.78 is 3.83. The van der Waals surface area contributed by atoms with Crippen molar-refractivity contribution in [3.05, 3.63) is 132 Å². The fourth-order valence-corrected chi connectivity index (χ4v) is 7.15. The minimum absolute atomic E-state index is 0.374. The molecule has 0 spiro atoms. The Hall–Kier alpha value is -4.83. The van der Waals surface area contributed by atoms with Gasteiger partial charge in [0.05, 0.1) is 0 Å². The number of fused-ring (bicyclic) bond motifs is 5. The number of benzene rings is 5. The van der Waals surface area contributed by atoms with Gasteiger partial charge in [0.25, 0.3) is 0 Å². The molecule has 5 aromatic carbocycles. The summed E-state index contributed by atoms with van der Waals surface area (Å²) in [5.74, 6) is 1.98. The number of para-hydroxylation sites is 1. The van der Waals surface area contributed by atoms with Crippen molar-refractivity contribution < 1.29 is 0 Å². The quantitative estimate of drug-likeness (QED) is 0.198. The molecular formula is C35H22N4Se. The van der Waals surface area contributed by atoms with Crippen molar-refractivity contribution in [2.75, 3.05) is 0 Å². The predicted molar refractivity (Wildman–Crippen MR) is 165 cm³/mol. The SMILES string of the molecule is c1ccc(-c2nc(-c3ccccc3)nc(-c3cccc(-n4c5ccccc5c5ccc6[se]ccc6c54)c3)n2)cc1. The van der Waals surface area contributed by atoms with Gasteiger partial charge in [-0.15, -0.1) is 0 Å². The summed E-state index contributed by atoms with van der Waals surface area (Å²) in [6, 6.07) is 44.3. The van der Waals surface area contributed by atoms with Crippen molar-refractivity contribution in [3.8, 4) is 39.9 Å². The van der Waals surface area contributed by atoms with Gasteiger partial charge in [0.15, 0.2) is 0 Å². The summed E-state index contributed by atoms with van der Waals surface area (Å²) in [4.78, 5) is 17.1. The molecule has 0 amide bonds. The number of hydrogen-bond donors (Lipinski definition) is 0. The normalized spacial score (nSPS) is 11.5. The molecule has 0 aliphatic carbocycles. The number of nitrogens with zero attached hydrogens (tertiary/aromatic N) is 4. The minimum atomic E-state index is 0.374. The molecule has 40 heavy (non-hydrogen) atoms. The maximum atomic E-state index is 4.96. The van der Waals surface area contributed by atoms with Crippen molar-refractivity contribution in [1.29, 1.82) is 0 Å². The zero-order valence-corrected chi connectivity index (χ0v) is 23.1. The molecule has 8 aromatic rings. The molecule has 0 saturated heterocycles. The van der Waals surface area contributed by atoms with Crippen molar-refractivity contribution in [1.82, 2.24) is 19.5 Å². The molecule has 3 aromatic heterocycles. The smallest absolute Gasteiger partial charge is 0.0615 e. The molecule has 0 saturated carbocycles. The summed E-state index contributed by atoms with van der Waals surface area (Å²) in [5, 5.41) is 3.87. The van der Waals surface area contributed by atoms with Crippen molar-refractivity contribution >= 4 is 46.0 Å². The van der Waals surface area contributed by atoms with Crippen molar-refractivity contribution in [3.63, 3.8) is 0 Å². The van der Waals surface area contributed by atoms with Crippen LogP contribution in [0.4, 0.5) is 0 Å². The fraction of sp³-hybridized carbons (Fsp3) is 0. The summed E-state index contributed by atoms with van der Waals surface area (Å²) in [6.07, 6.45) is 0. The summed E-state index contributed by atoms with van der Waals surface area (Å²) in [5.41, 5.74) is 6.43. The molecule has 0 atom stereocenters. The third-order valence-electron chi connectivity index (χ3n) is 7.33. The topological polar surface area (TPSA) is 43.6 Å². The molecule has 5 heteroatoms. The molecule has 8 rings (SSSR count). The van der Waals surface area contributed by atoms with Crippen LogP contribution in [0.15, 0.2) is 132 Å². The molecule has 0 unspecified atom stereocenters. The predicted octanol–water partition coefficient (Wildman–Crippen LogP) is 8.18. The summed E-state index contributed by atoms with van der Waals surface area (Å²) >= 11 is 0.374. The second-order valence-electron chi connectivity index (χ2n) is 9.74. The first-order chi connectivity index (χ1) is 19.8. The van der Waals surface area contributed by atoms with Crippen LogP contribution in [0.3, 0.4) is 0 Å². The second-order valence-corrected chi connectivity index (χ2v) is 11.7. The van der Waals surface area contributed by atoms with E-state index in [1.54, 1.807) is 0 Å². The average molecular weight is 578 g/mol. The zero-order chi connectivity index (χ0) is 26.5. The van der Waals surface area contributed by atoms with E-state index in [2.05, 4.69) is 76.2 Å². The van der Waals surface area contributed by atoms with Gasteiger partial charge in [0, 0.05) is 0 Å². The van der Waals surface area contributed by atoms with E-state index in [1.807, 2.05) is 60.7 Å². The second kappa shape index (κ2) is 9.42. The Kier molecular flexibility index (Phi) is 5.44. The standard InChI is InChI=1S/C35H22N4Se/c1-3-10-23(11-4-1)33-36-34(24-12-5-2-6-13-24)38-35(37-33)25-14-9-15-26(22-25)39-30-17-8-7-16-27(30)28-18-19-31-29(32(28)39)20-21-40-31/h1-22H. The number of rotatable bonds is 4. The molecule has 0 radical (unpaired) electrons. The van der Waals surface area contributed by atoms with Gasteiger partial charge in [-0.1, -0.05) is 36.4 Å². The van der Waals surface area contributed by atoms with Crippen LogP contribution in [0.25, 0.3) is 71.3 Å². The van der Waals surface area contributed by atoms with Crippen molar-refractivity contribution in [2.24, 2.45) is 0 Å². The van der Waals surface area contributed by atoms with Crippen LogP contribution in [0.5, 0.6) is 0 Å². The third kappa shape index (κ3) is 3.79. The van der Waals surface area contributed by atoms with Gasteiger partial charge in [-0.05, 0) is 0 Å². The van der Waals surface area contributed by atoms with Crippen LogP contribution in [0.2, 0.25) is 0 Å². The Morgan fingerprint density at radius 2 is 1.10 bits per heavy atom. The summed E-state index contributed by atoms with van der Waals surface area (Å²) in [6.45, 7) is 0. The van der Waals surface area contributed by atoms with Gasteiger partial charge < -0.3 is 0 Å². The van der Waals surface area contributed by atoms with Gasteiger partial charge in [-0.3, -0.25) is 0 Å². The Morgan fingerprint density at radius 1 is 0.475 bits per heavy atom. The zero-order valence-electron chi connectivity index (χ0n) is 21.4. The Balaban J connectivity index is 1.37. The van der Waals surface area contributed by atoms with E-state index < -0.39 is 0 Å². The fourth-order valence-electron chi connectivity index (χ4n) is 5.49. The Labute approximate surface area is 237 Å². The first-order valence-electron chi connectivity index (χ1n) is 13.2. The molecule has 0 bridgehead atoms.